The first kappa shape index (κ1) is 24.3. The summed E-state index contributed by atoms with van der Waals surface area (Å²) in [6.45, 7) is 5.54. The van der Waals surface area contributed by atoms with Gasteiger partial charge in [-0.3, -0.25) is 14.5 Å². The molecule has 4 aliphatic carbocycles. The van der Waals surface area contributed by atoms with Crippen molar-refractivity contribution in [1.82, 2.24) is 20.2 Å². The maximum absolute atomic E-state index is 13.4. The minimum atomic E-state index is -4.53. The summed E-state index contributed by atoms with van der Waals surface area (Å²) in [6, 6.07) is 0.862. The van der Waals surface area contributed by atoms with Crippen LogP contribution < -0.4 is 10.2 Å². The quantitative estimate of drug-likeness (QED) is 0.648. The number of carbonyl (C=O) groups excluding carboxylic acids is 1. The molecule has 1 amide bonds. The predicted octanol–water partition coefficient (Wildman–Crippen LogP) is 2.79. The largest absolute Gasteiger partial charge is 0.481 e. The first-order valence-corrected chi connectivity index (χ1v) is 12.3. The lowest BCUT2D eigenvalue weighted by Crippen LogP contribution is -2.66. The van der Waals surface area contributed by atoms with Crippen LogP contribution in [0.3, 0.4) is 0 Å². The van der Waals surface area contributed by atoms with E-state index in [2.05, 4.69) is 15.3 Å². The number of aliphatic carboxylic acids is 1. The fraction of sp³-hybridized carbons (Fsp3) is 0.750. The van der Waals surface area contributed by atoms with Crippen LogP contribution in [-0.4, -0.2) is 69.6 Å². The molecule has 1 aromatic heterocycles. The molecule has 192 valence electrons. The number of amides is 1. The zero-order valence-corrected chi connectivity index (χ0v) is 20.0. The second kappa shape index (κ2) is 8.31. The van der Waals surface area contributed by atoms with Crippen LogP contribution in [0, 0.1) is 23.2 Å². The number of rotatable bonds is 5. The molecule has 11 heteroatoms. The molecule has 5 fully saturated rings. The van der Waals surface area contributed by atoms with E-state index in [1.54, 1.807) is 4.90 Å². The lowest BCUT2D eigenvalue weighted by molar-refractivity contribution is -0.168. The summed E-state index contributed by atoms with van der Waals surface area (Å²) in [5.74, 6) is 0.116. The molecule has 2 atom stereocenters. The Hall–Kier alpha value is -2.43. The van der Waals surface area contributed by atoms with Crippen LogP contribution in [0.2, 0.25) is 0 Å². The molecule has 5 aliphatic rings. The highest BCUT2D eigenvalue weighted by atomic mass is 19.4. The van der Waals surface area contributed by atoms with Crippen LogP contribution in [0.25, 0.3) is 0 Å². The van der Waals surface area contributed by atoms with Crippen molar-refractivity contribution in [2.45, 2.75) is 63.7 Å². The van der Waals surface area contributed by atoms with Crippen molar-refractivity contribution in [3.05, 3.63) is 18.0 Å². The van der Waals surface area contributed by atoms with Gasteiger partial charge in [-0.25, -0.2) is 9.97 Å². The summed E-state index contributed by atoms with van der Waals surface area (Å²) in [6.07, 6.45) is 0.587. The monoisotopic (exact) mass is 495 g/mol. The second-order valence-electron chi connectivity index (χ2n) is 11.3. The first-order chi connectivity index (χ1) is 16.4. The Bertz CT molecular complexity index is 992. The first-order valence-electron chi connectivity index (χ1n) is 12.3. The SMILES string of the molecule is CC(C)(C(=O)NC1C2CC3CC1CC(C(=O)O)(C3)C2)N1CCN(c2nccc(C(F)(F)F)n2)CC1. The van der Waals surface area contributed by atoms with Gasteiger partial charge in [-0.2, -0.15) is 13.2 Å². The molecule has 2 N–H and O–H groups in total. The molecule has 4 bridgehead atoms. The summed E-state index contributed by atoms with van der Waals surface area (Å²) < 4.78 is 39.0. The van der Waals surface area contributed by atoms with E-state index in [1.165, 1.54) is 0 Å². The van der Waals surface area contributed by atoms with Crippen molar-refractivity contribution < 1.29 is 27.9 Å². The minimum absolute atomic E-state index is 0.00518. The second-order valence-corrected chi connectivity index (χ2v) is 11.3. The zero-order chi connectivity index (χ0) is 25.2. The molecule has 4 saturated carbocycles. The van der Waals surface area contributed by atoms with Gasteiger partial charge in [-0.05, 0) is 69.8 Å². The highest BCUT2D eigenvalue weighted by molar-refractivity contribution is 5.86. The number of nitrogens with one attached hydrogen (secondary N) is 1. The minimum Gasteiger partial charge on any atom is -0.481 e. The third kappa shape index (κ3) is 4.25. The Morgan fingerprint density at radius 3 is 2.29 bits per heavy atom. The summed E-state index contributed by atoms with van der Waals surface area (Å²) in [4.78, 5) is 36.9. The predicted molar refractivity (Wildman–Crippen MR) is 120 cm³/mol. The van der Waals surface area contributed by atoms with E-state index in [-0.39, 0.29) is 29.7 Å². The molecule has 1 aromatic rings. The number of hydrogen-bond donors (Lipinski definition) is 2. The van der Waals surface area contributed by atoms with Gasteiger partial charge < -0.3 is 15.3 Å². The van der Waals surface area contributed by atoms with Crippen LogP contribution in [0.15, 0.2) is 12.3 Å². The lowest BCUT2D eigenvalue weighted by Gasteiger charge is -2.58. The number of carboxylic acid groups (broad SMARTS) is 1. The van der Waals surface area contributed by atoms with Gasteiger partial charge in [0, 0.05) is 38.4 Å². The van der Waals surface area contributed by atoms with E-state index in [1.807, 2.05) is 18.7 Å². The van der Waals surface area contributed by atoms with Crippen molar-refractivity contribution in [1.29, 1.82) is 0 Å². The smallest absolute Gasteiger partial charge is 0.433 e. The van der Waals surface area contributed by atoms with Gasteiger partial charge in [0.1, 0.15) is 5.69 Å². The standard InChI is InChI=1S/C24H32F3N5O3/c1-22(2,32-7-5-31(6-8-32)21-28-4-3-17(29-21)24(25,26)27)19(33)30-18-15-9-14-10-16(18)13-23(11-14,12-15)20(34)35/h3-4,14-16,18H,5-13H2,1-2H3,(H,30,33)(H,34,35). The molecule has 0 aromatic carbocycles. The van der Waals surface area contributed by atoms with Crippen molar-refractivity contribution >= 4 is 17.8 Å². The van der Waals surface area contributed by atoms with Gasteiger partial charge in [-0.1, -0.05) is 0 Å². The molecule has 6 rings (SSSR count). The molecule has 1 aliphatic heterocycles. The van der Waals surface area contributed by atoms with Crippen molar-refractivity contribution in [3.8, 4) is 0 Å². The van der Waals surface area contributed by atoms with Gasteiger partial charge in [-0.15, -0.1) is 0 Å². The van der Waals surface area contributed by atoms with E-state index in [4.69, 9.17) is 0 Å². The van der Waals surface area contributed by atoms with E-state index in [9.17, 15) is 27.9 Å². The number of piperazine rings is 1. The van der Waals surface area contributed by atoms with Crippen LogP contribution in [-0.2, 0) is 15.8 Å². The maximum atomic E-state index is 13.4. The van der Waals surface area contributed by atoms with E-state index >= 15 is 0 Å². The van der Waals surface area contributed by atoms with Crippen molar-refractivity contribution in [2.75, 3.05) is 31.1 Å². The van der Waals surface area contributed by atoms with E-state index in [0.29, 0.717) is 44.9 Å². The lowest BCUT2D eigenvalue weighted by atomic mass is 9.48. The Labute approximate surface area is 202 Å². The van der Waals surface area contributed by atoms with Crippen molar-refractivity contribution in [2.24, 2.45) is 23.2 Å². The molecule has 2 heterocycles. The molecule has 2 unspecified atom stereocenters. The Morgan fingerprint density at radius 2 is 1.71 bits per heavy atom. The highest BCUT2D eigenvalue weighted by Crippen LogP contribution is 2.60. The van der Waals surface area contributed by atoms with Crippen LogP contribution in [0.5, 0.6) is 0 Å². The van der Waals surface area contributed by atoms with Crippen LogP contribution in [0.4, 0.5) is 19.1 Å². The van der Waals surface area contributed by atoms with Crippen LogP contribution >= 0.6 is 0 Å². The number of hydrogen-bond acceptors (Lipinski definition) is 6. The third-order valence-corrected chi connectivity index (χ3v) is 8.87. The van der Waals surface area contributed by atoms with Gasteiger partial charge >= 0.3 is 12.1 Å². The average Bonchev–Trinajstić information content (AvgIpc) is 2.80. The van der Waals surface area contributed by atoms with E-state index in [0.717, 1.165) is 31.5 Å². The van der Waals surface area contributed by atoms with Crippen LogP contribution in [0.1, 0.15) is 51.6 Å². The molecular formula is C24H32F3N5O3. The summed E-state index contributed by atoms with van der Waals surface area (Å²) in [7, 11) is 0. The fourth-order valence-electron chi connectivity index (χ4n) is 7.12. The molecule has 8 nitrogen and oxygen atoms in total. The summed E-state index contributed by atoms with van der Waals surface area (Å²) in [5.41, 5.74) is -2.39. The fourth-order valence-corrected chi connectivity index (χ4v) is 7.12. The number of alkyl halides is 3. The van der Waals surface area contributed by atoms with Gasteiger partial charge in [0.25, 0.3) is 0 Å². The Kier molecular flexibility index (Phi) is 5.77. The molecule has 35 heavy (non-hydrogen) atoms. The summed E-state index contributed by atoms with van der Waals surface area (Å²) in [5, 5.41) is 13.1. The molecular weight excluding hydrogens is 463 g/mol. The Morgan fingerprint density at radius 1 is 1.09 bits per heavy atom. The number of anilines is 1. The number of aromatic nitrogens is 2. The zero-order valence-electron chi connectivity index (χ0n) is 20.0. The number of nitrogens with zero attached hydrogens (tertiary/aromatic N) is 4. The van der Waals surface area contributed by atoms with Gasteiger partial charge in [0.15, 0.2) is 0 Å². The maximum Gasteiger partial charge on any atom is 0.433 e. The molecule has 0 radical (unpaired) electrons. The Balaban J connectivity index is 1.21. The highest BCUT2D eigenvalue weighted by Gasteiger charge is 2.59. The molecule has 1 saturated heterocycles. The number of carbonyl (C=O) groups is 2. The van der Waals surface area contributed by atoms with Gasteiger partial charge in [0.05, 0.1) is 11.0 Å². The number of carboxylic acids is 1. The number of halogens is 3. The summed E-state index contributed by atoms with van der Waals surface area (Å²) >= 11 is 0. The molecule has 0 spiro atoms. The van der Waals surface area contributed by atoms with Crippen molar-refractivity contribution in [3.63, 3.8) is 0 Å². The third-order valence-electron chi connectivity index (χ3n) is 8.87. The van der Waals surface area contributed by atoms with E-state index < -0.39 is 28.8 Å². The van der Waals surface area contributed by atoms with Gasteiger partial charge in [0.2, 0.25) is 11.9 Å². The normalized spacial score (nSPS) is 33.1. The average molecular weight is 496 g/mol. The topological polar surface area (TPSA) is 98.7 Å².